The maximum absolute atomic E-state index is 13.1. The third-order valence-corrected chi connectivity index (χ3v) is 3.03. The van der Waals surface area contributed by atoms with Gasteiger partial charge < -0.3 is 5.11 Å². The van der Waals surface area contributed by atoms with E-state index in [1.165, 1.54) is 6.07 Å². The van der Waals surface area contributed by atoms with Crippen molar-refractivity contribution in [2.24, 2.45) is 0 Å². The number of benzene rings is 1. The van der Waals surface area contributed by atoms with E-state index in [-0.39, 0.29) is 28.5 Å². The molecule has 0 saturated carbocycles. The van der Waals surface area contributed by atoms with Crippen molar-refractivity contribution in [2.45, 2.75) is 19.5 Å². The highest BCUT2D eigenvalue weighted by Crippen LogP contribution is 2.35. The number of hydrogen-bond acceptors (Lipinski definition) is 3. The van der Waals surface area contributed by atoms with Crippen molar-refractivity contribution in [1.29, 1.82) is 0 Å². The lowest BCUT2D eigenvalue weighted by Crippen LogP contribution is -2.13. The van der Waals surface area contributed by atoms with Gasteiger partial charge in [-0.1, -0.05) is 23.7 Å². The SMILES string of the molecule is CCc1c(C(=O)O)nnn1-c1ccc(Cl)cc1C(F)(F)F. The largest absolute Gasteiger partial charge is 0.476 e. The van der Waals surface area contributed by atoms with E-state index in [4.69, 9.17) is 16.7 Å². The monoisotopic (exact) mass is 319 g/mol. The summed E-state index contributed by atoms with van der Waals surface area (Å²) >= 11 is 5.60. The Morgan fingerprint density at radius 2 is 2.10 bits per heavy atom. The molecule has 0 spiro atoms. The fourth-order valence-electron chi connectivity index (χ4n) is 1.90. The van der Waals surface area contributed by atoms with Crippen LogP contribution in [0.3, 0.4) is 0 Å². The van der Waals surface area contributed by atoms with Crippen LogP contribution in [0.4, 0.5) is 13.2 Å². The Morgan fingerprint density at radius 3 is 2.62 bits per heavy atom. The van der Waals surface area contributed by atoms with E-state index in [9.17, 15) is 18.0 Å². The number of carboxylic acid groups (broad SMARTS) is 1. The molecule has 112 valence electrons. The van der Waals surface area contributed by atoms with Gasteiger partial charge in [0.1, 0.15) is 0 Å². The molecule has 0 unspecified atom stereocenters. The van der Waals surface area contributed by atoms with Gasteiger partial charge in [-0.3, -0.25) is 0 Å². The van der Waals surface area contributed by atoms with Crippen LogP contribution in [0.2, 0.25) is 5.02 Å². The molecule has 1 aromatic carbocycles. The molecule has 1 heterocycles. The standard InChI is InChI=1S/C12H9ClF3N3O2/c1-2-8-10(11(20)21)17-18-19(8)9-4-3-6(13)5-7(9)12(14,15)16/h3-5H,2H2,1H3,(H,20,21). The minimum atomic E-state index is -4.65. The van der Waals surface area contributed by atoms with Gasteiger partial charge in [-0.25, -0.2) is 9.48 Å². The summed E-state index contributed by atoms with van der Waals surface area (Å²) in [5.74, 6) is -1.35. The van der Waals surface area contributed by atoms with Gasteiger partial charge >= 0.3 is 12.1 Å². The summed E-state index contributed by atoms with van der Waals surface area (Å²) in [5, 5.41) is 15.8. The van der Waals surface area contributed by atoms with Crippen molar-refractivity contribution in [1.82, 2.24) is 15.0 Å². The first-order valence-electron chi connectivity index (χ1n) is 5.80. The average molecular weight is 320 g/mol. The molecule has 0 bridgehead atoms. The van der Waals surface area contributed by atoms with Crippen LogP contribution in [0.1, 0.15) is 28.7 Å². The van der Waals surface area contributed by atoms with Gasteiger partial charge in [0.05, 0.1) is 16.9 Å². The second-order valence-corrected chi connectivity index (χ2v) is 4.55. The Bertz CT molecular complexity index is 698. The van der Waals surface area contributed by atoms with Crippen LogP contribution in [0.15, 0.2) is 18.2 Å². The lowest BCUT2D eigenvalue weighted by molar-refractivity contribution is -0.137. The summed E-state index contributed by atoms with van der Waals surface area (Å²) in [6.45, 7) is 1.60. The highest BCUT2D eigenvalue weighted by atomic mass is 35.5. The summed E-state index contributed by atoms with van der Waals surface area (Å²) in [4.78, 5) is 11.0. The molecule has 2 aromatic rings. The molecule has 0 aliphatic rings. The number of hydrogen-bond donors (Lipinski definition) is 1. The Kier molecular flexibility index (Phi) is 3.91. The van der Waals surface area contributed by atoms with Gasteiger partial charge in [-0.15, -0.1) is 5.10 Å². The number of nitrogens with zero attached hydrogens (tertiary/aromatic N) is 3. The third-order valence-electron chi connectivity index (χ3n) is 2.79. The first kappa shape index (κ1) is 15.3. The minimum Gasteiger partial charge on any atom is -0.476 e. The molecule has 0 radical (unpaired) electrons. The van der Waals surface area contributed by atoms with Gasteiger partial charge in [-0.05, 0) is 24.6 Å². The van der Waals surface area contributed by atoms with Crippen LogP contribution in [0.5, 0.6) is 0 Å². The van der Waals surface area contributed by atoms with Crippen molar-refractivity contribution >= 4 is 17.6 Å². The van der Waals surface area contributed by atoms with Crippen LogP contribution >= 0.6 is 11.6 Å². The number of aromatic carboxylic acids is 1. The molecule has 5 nitrogen and oxygen atoms in total. The third kappa shape index (κ3) is 2.85. The molecule has 0 aliphatic carbocycles. The molecule has 1 N–H and O–H groups in total. The average Bonchev–Trinajstić information content (AvgIpc) is 2.81. The minimum absolute atomic E-state index is 0.0790. The van der Waals surface area contributed by atoms with E-state index in [1.54, 1.807) is 6.92 Å². The second-order valence-electron chi connectivity index (χ2n) is 4.11. The molecule has 0 atom stereocenters. The molecule has 0 amide bonds. The van der Waals surface area contributed by atoms with E-state index in [0.717, 1.165) is 16.8 Å². The normalized spacial score (nSPS) is 11.7. The van der Waals surface area contributed by atoms with Crippen LogP contribution in [0.25, 0.3) is 5.69 Å². The van der Waals surface area contributed by atoms with Gasteiger partial charge in [0, 0.05) is 5.02 Å². The Morgan fingerprint density at radius 1 is 1.43 bits per heavy atom. The van der Waals surface area contributed by atoms with Crippen molar-refractivity contribution in [3.8, 4) is 5.69 Å². The lowest BCUT2D eigenvalue weighted by Gasteiger charge is -2.14. The quantitative estimate of drug-likeness (QED) is 0.943. The van der Waals surface area contributed by atoms with Crippen LogP contribution in [-0.2, 0) is 12.6 Å². The van der Waals surface area contributed by atoms with Gasteiger partial charge in [0.25, 0.3) is 0 Å². The van der Waals surface area contributed by atoms with E-state index in [2.05, 4.69) is 10.3 Å². The topological polar surface area (TPSA) is 68.0 Å². The van der Waals surface area contributed by atoms with E-state index >= 15 is 0 Å². The predicted molar refractivity (Wildman–Crippen MR) is 67.7 cm³/mol. The fraction of sp³-hybridized carbons (Fsp3) is 0.250. The zero-order chi connectivity index (χ0) is 15.8. The van der Waals surface area contributed by atoms with E-state index in [0.29, 0.717) is 0 Å². The summed E-state index contributed by atoms with van der Waals surface area (Å²) in [6, 6.07) is 3.16. The highest BCUT2D eigenvalue weighted by molar-refractivity contribution is 6.30. The summed E-state index contributed by atoms with van der Waals surface area (Å²) < 4.78 is 40.1. The summed E-state index contributed by atoms with van der Waals surface area (Å²) in [5.41, 5.74) is -1.62. The Balaban J connectivity index is 2.71. The number of halogens is 4. The van der Waals surface area contributed by atoms with Gasteiger partial charge in [-0.2, -0.15) is 13.2 Å². The summed E-state index contributed by atoms with van der Waals surface area (Å²) in [6.07, 6.45) is -4.49. The number of aromatic nitrogens is 3. The molecule has 2 rings (SSSR count). The Hall–Kier alpha value is -2.09. The van der Waals surface area contributed by atoms with Crippen molar-refractivity contribution in [3.05, 3.63) is 40.2 Å². The number of carboxylic acids is 1. The first-order chi connectivity index (χ1) is 9.75. The van der Waals surface area contributed by atoms with Crippen LogP contribution in [0, 0.1) is 0 Å². The van der Waals surface area contributed by atoms with E-state index in [1.807, 2.05) is 0 Å². The molecular weight excluding hydrogens is 311 g/mol. The number of rotatable bonds is 3. The molecule has 0 aliphatic heterocycles. The van der Waals surface area contributed by atoms with Crippen LogP contribution < -0.4 is 0 Å². The van der Waals surface area contributed by atoms with Crippen molar-refractivity contribution < 1.29 is 23.1 Å². The number of alkyl halides is 3. The number of carbonyl (C=O) groups is 1. The molecule has 1 aromatic heterocycles. The Labute approximate surface area is 121 Å². The lowest BCUT2D eigenvalue weighted by atomic mass is 10.1. The zero-order valence-electron chi connectivity index (χ0n) is 10.6. The molecule has 0 saturated heterocycles. The zero-order valence-corrected chi connectivity index (χ0v) is 11.4. The van der Waals surface area contributed by atoms with Gasteiger partial charge in [0.15, 0.2) is 5.69 Å². The summed E-state index contributed by atoms with van der Waals surface area (Å²) in [7, 11) is 0. The molecular formula is C12H9ClF3N3O2. The van der Waals surface area contributed by atoms with Crippen LogP contribution in [-0.4, -0.2) is 26.1 Å². The van der Waals surface area contributed by atoms with E-state index < -0.39 is 17.7 Å². The second kappa shape index (κ2) is 5.36. The fourth-order valence-corrected chi connectivity index (χ4v) is 2.07. The smallest absolute Gasteiger partial charge is 0.418 e. The highest BCUT2D eigenvalue weighted by Gasteiger charge is 2.35. The molecule has 0 fully saturated rings. The first-order valence-corrected chi connectivity index (χ1v) is 6.18. The van der Waals surface area contributed by atoms with Gasteiger partial charge in [0.2, 0.25) is 0 Å². The molecule has 9 heteroatoms. The molecule has 21 heavy (non-hydrogen) atoms. The maximum Gasteiger partial charge on any atom is 0.418 e. The van der Waals surface area contributed by atoms with Crippen molar-refractivity contribution in [2.75, 3.05) is 0 Å². The predicted octanol–water partition coefficient (Wildman–Crippen LogP) is 3.20. The maximum atomic E-state index is 13.1. The van der Waals surface area contributed by atoms with Crippen molar-refractivity contribution in [3.63, 3.8) is 0 Å².